The maximum absolute atomic E-state index is 12.4. The number of likely N-dealkylation sites (N-methyl/N-ethyl adjacent to an activating group) is 1. The molecule has 0 aliphatic carbocycles. The van der Waals surface area contributed by atoms with Gasteiger partial charge < -0.3 is 15.4 Å². The van der Waals surface area contributed by atoms with Crippen LogP contribution in [0, 0.1) is 0 Å². The van der Waals surface area contributed by atoms with Crippen molar-refractivity contribution in [3.63, 3.8) is 0 Å². The van der Waals surface area contributed by atoms with Crippen LogP contribution in [-0.2, 0) is 11.3 Å². The highest BCUT2D eigenvalue weighted by molar-refractivity contribution is 7.07. The summed E-state index contributed by atoms with van der Waals surface area (Å²) in [5.41, 5.74) is 3.03. The Morgan fingerprint density at radius 1 is 0.966 bits per heavy atom. The molecule has 7 heteroatoms. The molecule has 0 fully saturated rings. The third-order valence-electron chi connectivity index (χ3n) is 4.22. The van der Waals surface area contributed by atoms with Gasteiger partial charge in [0.1, 0.15) is 5.75 Å². The Morgan fingerprint density at radius 3 is 2.24 bits per heavy atom. The fourth-order valence-corrected chi connectivity index (χ4v) is 3.44. The van der Waals surface area contributed by atoms with Crippen LogP contribution in [0.4, 0.5) is 11.4 Å². The predicted octanol–water partition coefficient (Wildman–Crippen LogP) is 4.08. The summed E-state index contributed by atoms with van der Waals surface area (Å²) in [6.45, 7) is 1.01. The summed E-state index contributed by atoms with van der Waals surface area (Å²) in [6.07, 6.45) is 0. The average molecular weight is 410 g/mol. The third kappa shape index (κ3) is 6.17. The fourth-order valence-electron chi connectivity index (χ4n) is 2.78. The Kier molecular flexibility index (Phi) is 6.99. The highest BCUT2D eigenvalue weighted by Gasteiger charge is 2.10. The van der Waals surface area contributed by atoms with Crippen molar-refractivity contribution in [2.24, 2.45) is 0 Å². The summed E-state index contributed by atoms with van der Waals surface area (Å²) in [6, 6.07) is 16.0. The first-order valence-electron chi connectivity index (χ1n) is 9.08. The Balaban J connectivity index is 1.50. The van der Waals surface area contributed by atoms with Crippen molar-refractivity contribution in [1.29, 1.82) is 0 Å². The minimum atomic E-state index is -0.219. The first kappa shape index (κ1) is 20.6. The summed E-state index contributed by atoms with van der Waals surface area (Å²) < 4.78 is 5.10. The van der Waals surface area contributed by atoms with Crippen molar-refractivity contribution in [3.8, 4) is 5.75 Å². The quantitative estimate of drug-likeness (QED) is 0.588. The van der Waals surface area contributed by atoms with Gasteiger partial charge in [-0.15, -0.1) is 0 Å². The Labute approximate surface area is 174 Å². The molecule has 2 aromatic carbocycles. The molecule has 2 amide bonds. The highest BCUT2D eigenvalue weighted by atomic mass is 32.1. The monoisotopic (exact) mass is 409 g/mol. The van der Waals surface area contributed by atoms with E-state index in [1.165, 1.54) is 5.56 Å². The van der Waals surface area contributed by atoms with Gasteiger partial charge in [0.2, 0.25) is 5.91 Å². The fraction of sp³-hybridized carbons (Fsp3) is 0.182. The second kappa shape index (κ2) is 9.86. The van der Waals surface area contributed by atoms with Crippen LogP contribution < -0.4 is 15.4 Å². The van der Waals surface area contributed by atoms with Gasteiger partial charge in [0.15, 0.2) is 0 Å². The van der Waals surface area contributed by atoms with E-state index in [1.807, 2.05) is 17.3 Å². The smallest absolute Gasteiger partial charge is 0.255 e. The van der Waals surface area contributed by atoms with Crippen LogP contribution in [0.1, 0.15) is 15.9 Å². The van der Waals surface area contributed by atoms with E-state index < -0.39 is 0 Å². The molecule has 0 aliphatic rings. The number of amides is 2. The first-order valence-corrected chi connectivity index (χ1v) is 10.0. The lowest BCUT2D eigenvalue weighted by atomic mass is 10.2. The number of thiophene rings is 1. The molecule has 0 unspecified atom stereocenters. The van der Waals surface area contributed by atoms with Crippen molar-refractivity contribution in [2.45, 2.75) is 6.54 Å². The van der Waals surface area contributed by atoms with Crippen LogP contribution in [0.3, 0.4) is 0 Å². The van der Waals surface area contributed by atoms with Gasteiger partial charge in [-0.05, 0) is 78.0 Å². The number of rotatable bonds is 8. The number of hydrogen-bond donors (Lipinski definition) is 2. The summed E-state index contributed by atoms with van der Waals surface area (Å²) >= 11 is 1.64. The number of nitrogens with one attached hydrogen (secondary N) is 2. The van der Waals surface area contributed by atoms with Crippen LogP contribution in [0.2, 0.25) is 0 Å². The molecule has 3 aromatic rings. The molecule has 0 bridgehead atoms. The normalized spacial score (nSPS) is 10.6. The van der Waals surface area contributed by atoms with Gasteiger partial charge in [0, 0.05) is 23.5 Å². The summed E-state index contributed by atoms with van der Waals surface area (Å²) in [5, 5.41) is 9.78. The summed E-state index contributed by atoms with van der Waals surface area (Å²) in [5.74, 6) is 0.408. The number of hydrogen-bond acceptors (Lipinski definition) is 5. The van der Waals surface area contributed by atoms with E-state index >= 15 is 0 Å². The molecule has 3 rings (SSSR count). The second-order valence-electron chi connectivity index (χ2n) is 6.61. The van der Waals surface area contributed by atoms with Gasteiger partial charge in [-0.3, -0.25) is 14.5 Å². The topological polar surface area (TPSA) is 70.7 Å². The lowest BCUT2D eigenvalue weighted by molar-refractivity contribution is -0.117. The van der Waals surface area contributed by atoms with E-state index in [4.69, 9.17) is 4.74 Å². The second-order valence-corrected chi connectivity index (χ2v) is 7.39. The Hall–Kier alpha value is -3.16. The van der Waals surface area contributed by atoms with E-state index in [0.717, 1.165) is 12.3 Å². The standard InChI is InChI=1S/C22H23N3O3S/c1-25(13-16-11-12-29-15-16)14-21(26)23-18-5-3-17(4-6-18)22(27)24-19-7-9-20(28-2)10-8-19/h3-12,15H,13-14H2,1-2H3,(H,23,26)(H,24,27). The summed E-state index contributed by atoms with van der Waals surface area (Å²) in [7, 11) is 3.50. The van der Waals surface area contributed by atoms with E-state index in [2.05, 4.69) is 22.1 Å². The molecule has 2 N–H and O–H groups in total. The van der Waals surface area contributed by atoms with Gasteiger partial charge in [0.25, 0.3) is 5.91 Å². The molecule has 1 aromatic heterocycles. The third-order valence-corrected chi connectivity index (χ3v) is 4.96. The highest BCUT2D eigenvalue weighted by Crippen LogP contribution is 2.17. The molecule has 6 nitrogen and oxygen atoms in total. The largest absolute Gasteiger partial charge is 0.497 e. The van der Waals surface area contributed by atoms with Crippen LogP contribution in [0.5, 0.6) is 5.75 Å². The first-order chi connectivity index (χ1) is 14.0. The maximum atomic E-state index is 12.4. The maximum Gasteiger partial charge on any atom is 0.255 e. The Morgan fingerprint density at radius 2 is 1.62 bits per heavy atom. The molecule has 0 atom stereocenters. The van der Waals surface area contributed by atoms with E-state index in [9.17, 15) is 9.59 Å². The van der Waals surface area contributed by atoms with E-state index in [1.54, 1.807) is 67.0 Å². The van der Waals surface area contributed by atoms with Gasteiger partial charge in [-0.1, -0.05) is 0 Å². The van der Waals surface area contributed by atoms with Crippen molar-refractivity contribution < 1.29 is 14.3 Å². The molecule has 0 radical (unpaired) electrons. The molecule has 0 saturated carbocycles. The predicted molar refractivity (Wildman–Crippen MR) is 117 cm³/mol. The average Bonchev–Trinajstić information content (AvgIpc) is 3.21. The number of carbonyl (C=O) groups excluding carboxylic acids is 2. The minimum Gasteiger partial charge on any atom is -0.497 e. The number of carbonyl (C=O) groups is 2. The zero-order valence-corrected chi connectivity index (χ0v) is 17.2. The number of anilines is 2. The number of methoxy groups -OCH3 is 1. The molecule has 0 aliphatic heterocycles. The minimum absolute atomic E-state index is 0.0989. The van der Waals surface area contributed by atoms with Gasteiger partial charge in [-0.2, -0.15) is 11.3 Å². The van der Waals surface area contributed by atoms with Gasteiger partial charge in [-0.25, -0.2) is 0 Å². The van der Waals surface area contributed by atoms with Crippen LogP contribution in [0.25, 0.3) is 0 Å². The van der Waals surface area contributed by atoms with Gasteiger partial charge in [0.05, 0.1) is 13.7 Å². The molecular formula is C22H23N3O3S. The molecule has 0 saturated heterocycles. The lowest BCUT2D eigenvalue weighted by Crippen LogP contribution is -2.29. The van der Waals surface area contributed by atoms with Crippen molar-refractivity contribution in [2.75, 3.05) is 31.3 Å². The van der Waals surface area contributed by atoms with Crippen molar-refractivity contribution in [1.82, 2.24) is 4.90 Å². The lowest BCUT2D eigenvalue weighted by Gasteiger charge is -2.15. The molecule has 29 heavy (non-hydrogen) atoms. The van der Waals surface area contributed by atoms with E-state index in [0.29, 0.717) is 16.9 Å². The molecule has 1 heterocycles. The van der Waals surface area contributed by atoms with E-state index in [-0.39, 0.29) is 18.4 Å². The SMILES string of the molecule is COc1ccc(NC(=O)c2ccc(NC(=O)CN(C)Cc3ccsc3)cc2)cc1. The van der Waals surface area contributed by atoms with Crippen LogP contribution in [0.15, 0.2) is 65.4 Å². The van der Waals surface area contributed by atoms with Crippen LogP contribution in [-0.4, -0.2) is 37.4 Å². The Bertz CT molecular complexity index is 938. The number of nitrogens with zero attached hydrogens (tertiary/aromatic N) is 1. The van der Waals surface area contributed by atoms with Crippen LogP contribution >= 0.6 is 11.3 Å². The van der Waals surface area contributed by atoms with Crippen molar-refractivity contribution in [3.05, 3.63) is 76.5 Å². The van der Waals surface area contributed by atoms with Gasteiger partial charge >= 0.3 is 0 Å². The zero-order chi connectivity index (χ0) is 20.6. The molecule has 150 valence electrons. The summed E-state index contributed by atoms with van der Waals surface area (Å²) in [4.78, 5) is 26.5. The number of ether oxygens (including phenoxy) is 1. The molecule has 0 spiro atoms. The zero-order valence-electron chi connectivity index (χ0n) is 16.3. The molecular weight excluding hydrogens is 386 g/mol. The van der Waals surface area contributed by atoms with Crippen molar-refractivity contribution >= 4 is 34.5 Å². The number of benzene rings is 2.